The van der Waals surface area contributed by atoms with Gasteiger partial charge >= 0.3 is 12.0 Å². The highest BCUT2D eigenvalue weighted by Crippen LogP contribution is 2.16. The van der Waals surface area contributed by atoms with Crippen molar-refractivity contribution in [2.24, 2.45) is 5.73 Å². The lowest BCUT2D eigenvalue weighted by Gasteiger charge is -2.11. The molecule has 2 rings (SSSR count). The van der Waals surface area contributed by atoms with Gasteiger partial charge in [-0.1, -0.05) is 30.3 Å². The molecule has 100 valence electrons. The van der Waals surface area contributed by atoms with Gasteiger partial charge in [-0.3, -0.25) is 0 Å². The van der Waals surface area contributed by atoms with E-state index < -0.39 is 0 Å². The van der Waals surface area contributed by atoms with Gasteiger partial charge in [-0.05, 0) is 5.56 Å². The second kappa shape index (κ2) is 6.10. The number of nitrogens with zero attached hydrogens (tertiary/aromatic N) is 3. The average Bonchev–Trinajstić information content (AvgIpc) is 2.47. The molecular weight excluding hydrogens is 244 g/mol. The Balaban J connectivity index is 2.18. The van der Waals surface area contributed by atoms with Crippen LogP contribution in [0.2, 0.25) is 0 Å². The lowest BCUT2D eigenvalue weighted by atomic mass is 10.0. The summed E-state index contributed by atoms with van der Waals surface area (Å²) in [5.74, 6) is 0.542. The first-order chi connectivity index (χ1) is 9.22. The fraction of sp³-hybridized carbons (Fsp3) is 0.308. The Morgan fingerprint density at radius 1 is 1.00 bits per heavy atom. The van der Waals surface area contributed by atoms with Gasteiger partial charge in [0.1, 0.15) is 5.82 Å². The summed E-state index contributed by atoms with van der Waals surface area (Å²) in [5, 5.41) is 0. The Labute approximate surface area is 111 Å². The van der Waals surface area contributed by atoms with E-state index in [1.54, 1.807) is 0 Å². The maximum atomic E-state index is 6.13. The molecule has 19 heavy (non-hydrogen) atoms. The Hall–Kier alpha value is -2.21. The molecule has 0 bridgehead atoms. The van der Waals surface area contributed by atoms with Crippen molar-refractivity contribution >= 4 is 0 Å². The van der Waals surface area contributed by atoms with E-state index in [2.05, 4.69) is 15.0 Å². The third kappa shape index (κ3) is 3.38. The maximum absolute atomic E-state index is 6.13. The molecule has 6 heteroatoms. The summed E-state index contributed by atoms with van der Waals surface area (Å²) in [6.45, 7) is 0. The first-order valence-electron chi connectivity index (χ1n) is 5.86. The van der Waals surface area contributed by atoms with Gasteiger partial charge in [-0.25, -0.2) is 0 Å². The van der Waals surface area contributed by atoms with E-state index in [4.69, 9.17) is 15.2 Å². The second-order valence-corrected chi connectivity index (χ2v) is 3.95. The summed E-state index contributed by atoms with van der Waals surface area (Å²) in [6, 6.07) is 10.1. The highest BCUT2D eigenvalue weighted by molar-refractivity contribution is 5.20. The normalized spacial score (nSPS) is 11.9. The summed E-state index contributed by atoms with van der Waals surface area (Å²) in [5.41, 5.74) is 7.16. The monoisotopic (exact) mass is 260 g/mol. The van der Waals surface area contributed by atoms with Crippen molar-refractivity contribution in [3.8, 4) is 12.0 Å². The van der Waals surface area contributed by atoms with E-state index in [0.29, 0.717) is 12.2 Å². The van der Waals surface area contributed by atoms with Gasteiger partial charge in [-0.2, -0.15) is 9.97 Å². The molecule has 6 nitrogen and oxygen atoms in total. The van der Waals surface area contributed by atoms with Crippen LogP contribution in [0.4, 0.5) is 0 Å². The van der Waals surface area contributed by atoms with Crippen LogP contribution in [0, 0.1) is 0 Å². The zero-order valence-electron chi connectivity index (χ0n) is 10.9. The minimum Gasteiger partial charge on any atom is -0.467 e. The van der Waals surface area contributed by atoms with E-state index in [9.17, 15) is 0 Å². The maximum Gasteiger partial charge on any atom is 0.322 e. The Morgan fingerprint density at radius 3 is 2.11 bits per heavy atom. The quantitative estimate of drug-likeness (QED) is 0.867. The van der Waals surface area contributed by atoms with Crippen molar-refractivity contribution in [2.45, 2.75) is 12.5 Å². The predicted molar refractivity (Wildman–Crippen MR) is 70.0 cm³/mol. The van der Waals surface area contributed by atoms with E-state index in [1.807, 2.05) is 30.3 Å². The fourth-order valence-electron chi connectivity index (χ4n) is 1.67. The minimum absolute atomic E-state index is 0.182. The molecule has 0 aliphatic carbocycles. The molecule has 0 radical (unpaired) electrons. The van der Waals surface area contributed by atoms with Gasteiger partial charge < -0.3 is 15.2 Å². The lowest BCUT2D eigenvalue weighted by Crippen LogP contribution is -2.16. The fourth-order valence-corrected chi connectivity index (χ4v) is 1.67. The van der Waals surface area contributed by atoms with Gasteiger partial charge in [0, 0.05) is 12.5 Å². The van der Waals surface area contributed by atoms with Crippen molar-refractivity contribution in [2.75, 3.05) is 14.2 Å². The molecule has 1 aromatic carbocycles. The third-order valence-corrected chi connectivity index (χ3v) is 2.64. The van der Waals surface area contributed by atoms with Crippen LogP contribution in [0.1, 0.15) is 17.4 Å². The van der Waals surface area contributed by atoms with Crippen molar-refractivity contribution in [3.05, 3.63) is 41.7 Å². The second-order valence-electron chi connectivity index (χ2n) is 3.95. The largest absolute Gasteiger partial charge is 0.467 e. The Morgan fingerprint density at radius 2 is 1.58 bits per heavy atom. The van der Waals surface area contributed by atoms with Crippen LogP contribution in [0.5, 0.6) is 12.0 Å². The molecule has 2 aromatic rings. The Kier molecular flexibility index (Phi) is 4.25. The molecule has 0 aliphatic rings. The summed E-state index contributed by atoms with van der Waals surface area (Å²) in [6.07, 6.45) is 0.485. The molecule has 0 saturated heterocycles. The summed E-state index contributed by atoms with van der Waals surface area (Å²) >= 11 is 0. The molecule has 0 spiro atoms. The van der Waals surface area contributed by atoms with Crippen LogP contribution >= 0.6 is 0 Å². The highest BCUT2D eigenvalue weighted by atomic mass is 16.5. The molecule has 0 fully saturated rings. The van der Waals surface area contributed by atoms with Gasteiger partial charge in [0.05, 0.1) is 14.2 Å². The van der Waals surface area contributed by atoms with Crippen molar-refractivity contribution < 1.29 is 9.47 Å². The smallest absolute Gasteiger partial charge is 0.322 e. The molecule has 1 atom stereocenters. The molecular formula is C13H16N4O2. The molecule has 2 N–H and O–H groups in total. The summed E-state index contributed by atoms with van der Waals surface area (Å²) < 4.78 is 10.0. The molecule has 1 heterocycles. The number of methoxy groups -OCH3 is 2. The number of nitrogens with two attached hydrogens (primary N) is 1. The number of hydrogen-bond acceptors (Lipinski definition) is 6. The molecule has 0 saturated carbocycles. The van der Waals surface area contributed by atoms with Crippen molar-refractivity contribution in [1.29, 1.82) is 0 Å². The van der Waals surface area contributed by atoms with E-state index in [1.165, 1.54) is 14.2 Å². The van der Waals surface area contributed by atoms with E-state index in [-0.39, 0.29) is 18.1 Å². The van der Waals surface area contributed by atoms with Crippen molar-refractivity contribution in [1.82, 2.24) is 15.0 Å². The van der Waals surface area contributed by atoms with Gasteiger partial charge in [0.15, 0.2) is 0 Å². The first-order valence-corrected chi connectivity index (χ1v) is 5.86. The average molecular weight is 260 g/mol. The van der Waals surface area contributed by atoms with Gasteiger partial charge in [0.2, 0.25) is 0 Å². The molecule has 1 aromatic heterocycles. The van der Waals surface area contributed by atoms with Crippen molar-refractivity contribution in [3.63, 3.8) is 0 Å². The van der Waals surface area contributed by atoms with Crippen LogP contribution in [0.25, 0.3) is 0 Å². The molecule has 0 amide bonds. The molecule has 0 aliphatic heterocycles. The van der Waals surface area contributed by atoms with E-state index in [0.717, 1.165) is 5.56 Å². The number of rotatable bonds is 5. The van der Waals surface area contributed by atoms with Crippen LogP contribution < -0.4 is 15.2 Å². The van der Waals surface area contributed by atoms with Crippen LogP contribution in [0.3, 0.4) is 0 Å². The highest BCUT2D eigenvalue weighted by Gasteiger charge is 2.12. The standard InChI is InChI=1S/C13H16N4O2/c1-18-12-15-11(16-13(17-12)19-2)8-10(14)9-6-4-3-5-7-9/h3-7,10H,8,14H2,1-2H3. The Bertz CT molecular complexity index is 511. The summed E-state index contributed by atoms with van der Waals surface area (Å²) in [7, 11) is 2.99. The first kappa shape index (κ1) is 13.2. The SMILES string of the molecule is COc1nc(CC(N)c2ccccc2)nc(OC)n1. The topological polar surface area (TPSA) is 83.2 Å². The van der Waals surface area contributed by atoms with Crippen LogP contribution in [0.15, 0.2) is 30.3 Å². The zero-order valence-corrected chi connectivity index (χ0v) is 10.9. The lowest BCUT2D eigenvalue weighted by molar-refractivity contribution is 0.335. The summed E-state index contributed by atoms with van der Waals surface area (Å²) in [4.78, 5) is 12.3. The third-order valence-electron chi connectivity index (χ3n) is 2.64. The van der Waals surface area contributed by atoms with Gasteiger partial charge in [0.25, 0.3) is 0 Å². The van der Waals surface area contributed by atoms with Crippen LogP contribution in [-0.4, -0.2) is 29.2 Å². The predicted octanol–water partition coefficient (Wildman–Crippen LogP) is 1.13. The zero-order chi connectivity index (χ0) is 13.7. The molecule has 1 unspecified atom stereocenters. The van der Waals surface area contributed by atoms with Gasteiger partial charge in [-0.15, -0.1) is 4.98 Å². The van der Waals surface area contributed by atoms with E-state index >= 15 is 0 Å². The number of ether oxygens (including phenoxy) is 2. The number of hydrogen-bond donors (Lipinski definition) is 1. The van der Waals surface area contributed by atoms with Crippen LogP contribution in [-0.2, 0) is 6.42 Å². The minimum atomic E-state index is -0.182. The number of benzene rings is 1. The number of aromatic nitrogens is 3.